The van der Waals surface area contributed by atoms with Gasteiger partial charge in [0.1, 0.15) is 11.0 Å². The van der Waals surface area contributed by atoms with Crippen molar-refractivity contribution >= 4 is 35.5 Å². The molecule has 0 aromatic carbocycles. The highest BCUT2D eigenvalue weighted by Gasteiger charge is 2.18. The van der Waals surface area contributed by atoms with Crippen molar-refractivity contribution in [3.63, 3.8) is 0 Å². The highest BCUT2D eigenvalue weighted by molar-refractivity contribution is 8.02. The summed E-state index contributed by atoms with van der Waals surface area (Å²) >= 11 is 7.16. The van der Waals surface area contributed by atoms with Crippen LogP contribution in [0.5, 0.6) is 0 Å². The number of aldehydes is 1. The molecule has 1 aliphatic carbocycles. The zero-order chi connectivity index (χ0) is 14.3. The third-order valence-corrected chi connectivity index (χ3v) is 3.81. The van der Waals surface area contributed by atoms with E-state index in [1.807, 2.05) is 6.26 Å². The smallest absolute Gasteiger partial charge is 0.156 e. The van der Waals surface area contributed by atoms with Gasteiger partial charge in [-0.1, -0.05) is 37.4 Å². The molecule has 0 saturated heterocycles. The summed E-state index contributed by atoms with van der Waals surface area (Å²) in [5, 5.41) is 3.83. The first kappa shape index (κ1) is 16.1. The molecule has 3 N–H and O–H groups in total. The number of aliphatic imine (C=N–C) groups is 1. The summed E-state index contributed by atoms with van der Waals surface area (Å²) in [4.78, 5) is 15.4. The van der Waals surface area contributed by atoms with E-state index in [2.05, 4.69) is 16.9 Å². The molecule has 1 aliphatic rings. The monoisotopic (exact) mass is 301 g/mol. The van der Waals surface area contributed by atoms with Crippen LogP contribution in [0, 0.1) is 0 Å². The fourth-order valence-electron chi connectivity index (χ4n) is 2.01. The third kappa shape index (κ3) is 5.28. The second-order valence-corrected chi connectivity index (χ2v) is 5.70. The van der Waals surface area contributed by atoms with Gasteiger partial charge >= 0.3 is 0 Å². The van der Waals surface area contributed by atoms with Crippen molar-refractivity contribution in [3.8, 4) is 0 Å². The Balaban J connectivity index is 2.91. The van der Waals surface area contributed by atoms with Crippen LogP contribution in [0.1, 0.15) is 32.1 Å². The molecule has 0 bridgehead atoms. The predicted octanol–water partition coefficient (Wildman–Crippen LogP) is 2.75. The Morgan fingerprint density at radius 2 is 2.11 bits per heavy atom. The van der Waals surface area contributed by atoms with Crippen LogP contribution in [-0.2, 0) is 4.79 Å². The van der Waals surface area contributed by atoms with E-state index in [0.29, 0.717) is 23.2 Å². The van der Waals surface area contributed by atoms with Gasteiger partial charge in [-0.05, 0) is 19.1 Å². The number of amidine groups is 1. The fraction of sp³-hybridized carbons (Fsp3) is 0.538. The minimum absolute atomic E-state index is 0.0500. The zero-order valence-corrected chi connectivity index (χ0v) is 12.7. The van der Waals surface area contributed by atoms with E-state index in [1.165, 1.54) is 31.0 Å². The molecule has 0 radical (unpaired) electrons. The minimum atomic E-state index is -0.0500. The van der Waals surface area contributed by atoms with E-state index in [0.717, 1.165) is 12.8 Å². The van der Waals surface area contributed by atoms with E-state index in [4.69, 9.17) is 17.3 Å². The van der Waals surface area contributed by atoms with Crippen LogP contribution >= 0.6 is 23.4 Å². The van der Waals surface area contributed by atoms with Crippen molar-refractivity contribution in [2.45, 2.75) is 38.1 Å². The number of halogens is 1. The summed E-state index contributed by atoms with van der Waals surface area (Å²) in [5.74, 6) is 0.425. The molecule has 0 unspecified atom stereocenters. The lowest BCUT2D eigenvalue weighted by atomic mass is 9.95. The Bertz CT molecular complexity index is 397. The average Bonchev–Trinajstić information content (AvgIpc) is 2.40. The van der Waals surface area contributed by atoms with Gasteiger partial charge in [0, 0.05) is 6.04 Å². The lowest BCUT2D eigenvalue weighted by Gasteiger charge is -2.24. The summed E-state index contributed by atoms with van der Waals surface area (Å²) in [5.41, 5.74) is 5.72. The number of rotatable bonds is 5. The topological polar surface area (TPSA) is 67.5 Å². The number of thioether (sulfide) groups is 1. The maximum absolute atomic E-state index is 11.1. The van der Waals surface area contributed by atoms with Gasteiger partial charge in [-0.15, -0.1) is 11.8 Å². The van der Waals surface area contributed by atoms with Crippen LogP contribution < -0.4 is 11.1 Å². The van der Waals surface area contributed by atoms with Gasteiger partial charge in [0.15, 0.2) is 6.29 Å². The molecule has 6 heteroatoms. The van der Waals surface area contributed by atoms with Crippen molar-refractivity contribution in [1.82, 2.24) is 5.32 Å². The average molecular weight is 302 g/mol. The van der Waals surface area contributed by atoms with Crippen LogP contribution in [0.15, 0.2) is 27.3 Å². The van der Waals surface area contributed by atoms with Crippen LogP contribution in [0.2, 0.25) is 0 Å². The fourth-order valence-corrected chi connectivity index (χ4v) is 2.32. The van der Waals surface area contributed by atoms with Gasteiger partial charge in [0.05, 0.1) is 10.6 Å². The van der Waals surface area contributed by atoms with Gasteiger partial charge in [-0.2, -0.15) is 0 Å². The molecule has 0 aromatic rings. The molecule has 106 valence electrons. The van der Waals surface area contributed by atoms with Crippen LogP contribution in [0.3, 0.4) is 0 Å². The molecule has 1 fully saturated rings. The van der Waals surface area contributed by atoms with Gasteiger partial charge in [0.25, 0.3) is 0 Å². The summed E-state index contributed by atoms with van der Waals surface area (Å²) < 4.78 is 0. The van der Waals surface area contributed by atoms with Crippen LogP contribution in [-0.4, -0.2) is 24.4 Å². The summed E-state index contributed by atoms with van der Waals surface area (Å²) in [7, 11) is 0. The number of nitrogens with one attached hydrogen (secondary N) is 1. The molecule has 4 nitrogen and oxygen atoms in total. The SMILES string of the molecule is C=C(/N=C(NC1CCCCC1)\C(C=O)=C(/N)Cl)SC. The van der Waals surface area contributed by atoms with Crippen molar-refractivity contribution in [2.24, 2.45) is 10.7 Å². The molecule has 0 aromatic heterocycles. The Hall–Kier alpha value is -0.940. The maximum Gasteiger partial charge on any atom is 0.156 e. The number of nitrogens with zero attached hydrogens (tertiary/aromatic N) is 1. The largest absolute Gasteiger partial charge is 0.389 e. The van der Waals surface area contributed by atoms with Gasteiger partial charge in [-0.3, -0.25) is 4.79 Å². The van der Waals surface area contributed by atoms with Crippen LogP contribution in [0.4, 0.5) is 0 Å². The molecule has 19 heavy (non-hydrogen) atoms. The number of carbonyl (C=O) groups excluding carboxylic acids is 1. The Morgan fingerprint density at radius 1 is 1.47 bits per heavy atom. The van der Waals surface area contributed by atoms with Gasteiger partial charge in [-0.25, -0.2) is 4.99 Å². The first-order valence-corrected chi connectivity index (χ1v) is 7.87. The number of hydrogen-bond donors (Lipinski definition) is 2. The zero-order valence-electron chi connectivity index (χ0n) is 11.1. The highest BCUT2D eigenvalue weighted by atomic mass is 35.5. The number of nitrogens with two attached hydrogens (primary N) is 1. The lowest BCUT2D eigenvalue weighted by molar-refractivity contribution is -0.104. The highest BCUT2D eigenvalue weighted by Crippen LogP contribution is 2.19. The van der Waals surface area contributed by atoms with E-state index >= 15 is 0 Å². The number of hydrogen-bond acceptors (Lipinski definition) is 4. The van der Waals surface area contributed by atoms with Gasteiger partial charge < -0.3 is 11.1 Å². The van der Waals surface area contributed by atoms with E-state index in [1.54, 1.807) is 0 Å². The van der Waals surface area contributed by atoms with Crippen molar-refractivity contribution in [3.05, 3.63) is 22.3 Å². The van der Waals surface area contributed by atoms with Crippen molar-refractivity contribution in [1.29, 1.82) is 0 Å². The number of carbonyl (C=O) groups is 1. The first-order chi connectivity index (χ1) is 9.08. The van der Waals surface area contributed by atoms with E-state index in [-0.39, 0.29) is 10.7 Å². The second kappa shape index (κ2) is 8.27. The molecular weight excluding hydrogens is 282 g/mol. The molecule has 1 rings (SSSR count). The molecular formula is C13H20ClN3OS. The summed E-state index contributed by atoms with van der Waals surface area (Å²) in [6.07, 6.45) is 8.27. The Labute approximate surface area is 123 Å². The van der Waals surface area contributed by atoms with E-state index in [9.17, 15) is 4.79 Å². The Morgan fingerprint density at radius 3 is 2.58 bits per heavy atom. The molecule has 0 spiro atoms. The third-order valence-electron chi connectivity index (χ3n) is 3.05. The molecule has 0 amide bonds. The van der Waals surface area contributed by atoms with Gasteiger partial charge in [0.2, 0.25) is 0 Å². The van der Waals surface area contributed by atoms with Crippen molar-refractivity contribution < 1.29 is 4.79 Å². The minimum Gasteiger partial charge on any atom is -0.389 e. The van der Waals surface area contributed by atoms with Crippen LogP contribution in [0.25, 0.3) is 0 Å². The second-order valence-electron chi connectivity index (χ2n) is 4.42. The molecule has 0 heterocycles. The predicted molar refractivity (Wildman–Crippen MR) is 83.2 cm³/mol. The summed E-state index contributed by atoms with van der Waals surface area (Å²) in [6, 6.07) is 0.313. The first-order valence-electron chi connectivity index (χ1n) is 6.27. The van der Waals surface area contributed by atoms with Crippen molar-refractivity contribution in [2.75, 3.05) is 6.26 Å². The quantitative estimate of drug-likeness (QED) is 0.269. The van der Waals surface area contributed by atoms with E-state index < -0.39 is 0 Å². The molecule has 0 atom stereocenters. The standard InChI is InChI=1S/C13H20ClN3OS/c1-9(19-2)16-13(11(8-18)12(14)15)17-10-6-4-3-5-7-10/h8,10H,1,3-7,15H2,2H3,(H,16,17)/b12-11-. The maximum atomic E-state index is 11.1. The summed E-state index contributed by atoms with van der Waals surface area (Å²) in [6.45, 7) is 3.80. The normalized spacial score (nSPS) is 18.7. The molecule has 1 saturated carbocycles. The Kier molecular flexibility index (Phi) is 7.02. The molecule has 0 aliphatic heterocycles. The lowest BCUT2D eigenvalue weighted by Crippen LogP contribution is -2.38.